The lowest BCUT2D eigenvalue weighted by Gasteiger charge is -2.18. The third kappa shape index (κ3) is 1.26. The Labute approximate surface area is 66.6 Å². The molecule has 3 atom stereocenters. The van der Waals surface area contributed by atoms with E-state index in [1.165, 1.54) is 25.7 Å². The summed E-state index contributed by atoms with van der Waals surface area (Å²) >= 11 is 0. The quantitative estimate of drug-likeness (QED) is 0.659. The minimum absolute atomic E-state index is 0.418. The van der Waals surface area contributed by atoms with E-state index in [9.17, 15) is 4.79 Å². The lowest BCUT2D eigenvalue weighted by atomic mass is 9.86. The van der Waals surface area contributed by atoms with Gasteiger partial charge in [-0.2, -0.15) is 0 Å². The molecule has 1 N–H and O–H groups in total. The first-order valence-corrected chi connectivity index (χ1v) is 4.47. The SMILES string of the molecule is O=C(O)C[C@@H]1C[C@@H]2CC[C@@H]1C2. The summed E-state index contributed by atoms with van der Waals surface area (Å²) in [4.78, 5) is 10.4. The average molecular weight is 154 g/mol. The molecule has 2 aliphatic rings. The van der Waals surface area contributed by atoms with Gasteiger partial charge in [-0.05, 0) is 37.0 Å². The molecule has 2 rings (SSSR count). The number of carboxylic acid groups (broad SMARTS) is 1. The summed E-state index contributed by atoms with van der Waals surface area (Å²) < 4.78 is 0. The van der Waals surface area contributed by atoms with Crippen LogP contribution in [0.15, 0.2) is 0 Å². The molecule has 2 saturated carbocycles. The zero-order valence-corrected chi connectivity index (χ0v) is 6.62. The maximum Gasteiger partial charge on any atom is 0.303 e. The molecule has 0 heterocycles. The van der Waals surface area contributed by atoms with Crippen LogP contribution in [0.25, 0.3) is 0 Å². The lowest BCUT2D eigenvalue weighted by Crippen LogP contribution is -2.14. The number of hydrogen-bond acceptors (Lipinski definition) is 1. The second-order valence-corrected chi connectivity index (χ2v) is 4.03. The Hall–Kier alpha value is -0.530. The Morgan fingerprint density at radius 3 is 2.64 bits per heavy atom. The fraction of sp³-hybridized carbons (Fsp3) is 0.889. The number of carbonyl (C=O) groups is 1. The largest absolute Gasteiger partial charge is 0.481 e. The summed E-state index contributed by atoms with van der Waals surface area (Å²) in [7, 11) is 0. The van der Waals surface area contributed by atoms with Gasteiger partial charge in [0.2, 0.25) is 0 Å². The summed E-state index contributed by atoms with van der Waals surface area (Å²) in [5.41, 5.74) is 0. The number of fused-ring (bicyclic) bond motifs is 2. The molecule has 2 aliphatic carbocycles. The van der Waals surface area contributed by atoms with Crippen LogP contribution in [0.5, 0.6) is 0 Å². The van der Waals surface area contributed by atoms with Crippen molar-refractivity contribution in [3.63, 3.8) is 0 Å². The van der Waals surface area contributed by atoms with Crippen molar-refractivity contribution in [2.75, 3.05) is 0 Å². The first kappa shape index (κ1) is 7.14. The number of hydrogen-bond donors (Lipinski definition) is 1. The van der Waals surface area contributed by atoms with E-state index in [1.54, 1.807) is 0 Å². The smallest absolute Gasteiger partial charge is 0.303 e. The van der Waals surface area contributed by atoms with Gasteiger partial charge >= 0.3 is 5.97 Å². The summed E-state index contributed by atoms with van der Waals surface area (Å²) in [6.07, 6.45) is 5.58. The zero-order valence-electron chi connectivity index (χ0n) is 6.62. The molecule has 2 nitrogen and oxygen atoms in total. The highest BCUT2D eigenvalue weighted by molar-refractivity contribution is 5.67. The molecule has 0 aromatic carbocycles. The minimum atomic E-state index is -0.609. The van der Waals surface area contributed by atoms with Crippen LogP contribution in [0.2, 0.25) is 0 Å². The van der Waals surface area contributed by atoms with Gasteiger partial charge in [0.15, 0.2) is 0 Å². The Morgan fingerprint density at radius 1 is 1.36 bits per heavy atom. The van der Waals surface area contributed by atoms with Crippen LogP contribution in [0.1, 0.15) is 32.1 Å². The van der Waals surface area contributed by atoms with E-state index in [1.807, 2.05) is 0 Å². The van der Waals surface area contributed by atoms with Crippen LogP contribution in [0.4, 0.5) is 0 Å². The third-order valence-corrected chi connectivity index (χ3v) is 3.32. The first-order valence-electron chi connectivity index (χ1n) is 4.47. The van der Waals surface area contributed by atoms with Gasteiger partial charge in [-0.1, -0.05) is 6.42 Å². The maximum absolute atomic E-state index is 10.4. The minimum Gasteiger partial charge on any atom is -0.481 e. The zero-order chi connectivity index (χ0) is 7.84. The molecule has 62 valence electrons. The molecule has 0 aromatic heterocycles. The highest BCUT2D eigenvalue weighted by Gasteiger charge is 2.39. The van der Waals surface area contributed by atoms with Gasteiger partial charge in [0, 0.05) is 6.42 Å². The Bertz CT molecular complexity index is 176. The van der Waals surface area contributed by atoms with E-state index in [2.05, 4.69) is 0 Å². The van der Waals surface area contributed by atoms with E-state index < -0.39 is 5.97 Å². The standard InChI is InChI=1S/C9H14O2/c10-9(11)5-8-4-6-1-2-7(8)3-6/h6-8H,1-5H2,(H,10,11)/t6-,7-,8+/m1/s1. The van der Waals surface area contributed by atoms with Gasteiger partial charge in [0.05, 0.1) is 0 Å². The lowest BCUT2D eigenvalue weighted by molar-refractivity contribution is -0.138. The maximum atomic E-state index is 10.4. The molecule has 0 aliphatic heterocycles. The summed E-state index contributed by atoms with van der Waals surface area (Å²) in [6, 6.07) is 0. The van der Waals surface area contributed by atoms with Crippen molar-refractivity contribution in [3.8, 4) is 0 Å². The average Bonchev–Trinajstić information content (AvgIpc) is 2.45. The van der Waals surface area contributed by atoms with Crippen molar-refractivity contribution >= 4 is 5.97 Å². The third-order valence-electron chi connectivity index (χ3n) is 3.32. The fourth-order valence-corrected chi connectivity index (χ4v) is 2.85. The van der Waals surface area contributed by atoms with Crippen molar-refractivity contribution in [3.05, 3.63) is 0 Å². The van der Waals surface area contributed by atoms with E-state index in [4.69, 9.17) is 5.11 Å². The molecule has 2 fully saturated rings. The number of rotatable bonds is 2. The molecule has 2 bridgehead atoms. The van der Waals surface area contributed by atoms with Crippen molar-refractivity contribution in [1.29, 1.82) is 0 Å². The van der Waals surface area contributed by atoms with Gasteiger partial charge in [0.25, 0.3) is 0 Å². The van der Waals surface area contributed by atoms with Crippen LogP contribution in [0.3, 0.4) is 0 Å². The molecular formula is C9H14O2. The highest BCUT2D eigenvalue weighted by atomic mass is 16.4. The molecule has 0 spiro atoms. The van der Waals surface area contributed by atoms with Crippen LogP contribution >= 0.6 is 0 Å². The Morgan fingerprint density at radius 2 is 2.18 bits per heavy atom. The number of carboxylic acids is 1. The van der Waals surface area contributed by atoms with Crippen LogP contribution < -0.4 is 0 Å². The van der Waals surface area contributed by atoms with Gasteiger partial charge in [-0.3, -0.25) is 4.79 Å². The second-order valence-electron chi connectivity index (χ2n) is 4.03. The summed E-state index contributed by atoms with van der Waals surface area (Å²) in [5.74, 6) is 1.55. The monoisotopic (exact) mass is 154 g/mol. The topological polar surface area (TPSA) is 37.3 Å². The van der Waals surface area contributed by atoms with Crippen LogP contribution in [-0.2, 0) is 4.79 Å². The molecule has 0 unspecified atom stereocenters. The van der Waals surface area contributed by atoms with Gasteiger partial charge in [-0.25, -0.2) is 0 Å². The Kier molecular flexibility index (Phi) is 1.63. The van der Waals surface area contributed by atoms with Gasteiger partial charge in [0.1, 0.15) is 0 Å². The predicted octanol–water partition coefficient (Wildman–Crippen LogP) is 1.90. The summed E-state index contributed by atoms with van der Waals surface area (Å²) in [5, 5.41) is 8.60. The van der Waals surface area contributed by atoms with Crippen molar-refractivity contribution in [1.82, 2.24) is 0 Å². The molecule has 0 radical (unpaired) electrons. The van der Waals surface area contributed by atoms with Crippen LogP contribution in [-0.4, -0.2) is 11.1 Å². The van der Waals surface area contributed by atoms with E-state index in [0.29, 0.717) is 12.3 Å². The molecule has 2 heteroatoms. The Balaban J connectivity index is 1.92. The first-order chi connectivity index (χ1) is 5.25. The van der Waals surface area contributed by atoms with Gasteiger partial charge < -0.3 is 5.11 Å². The predicted molar refractivity (Wildman–Crippen MR) is 41.2 cm³/mol. The molecule has 0 amide bonds. The van der Waals surface area contributed by atoms with Crippen molar-refractivity contribution in [2.45, 2.75) is 32.1 Å². The number of aliphatic carboxylic acids is 1. The molecular weight excluding hydrogens is 140 g/mol. The molecule has 11 heavy (non-hydrogen) atoms. The normalized spacial score (nSPS) is 41.3. The fourth-order valence-electron chi connectivity index (χ4n) is 2.85. The van der Waals surface area contributed by atoms with E-state index in [-0.39, 0.29) is 0 Å². The van der Waals surface area contributed by atoms with Crippen molar-refractivity contribution in [2.24, 2.45) is 17.8 Å². The van der Waals surface area contributed by atoms with Crippen molar-refractivity contribution < 1.29 is 9.90 Å². The summed E-state index contributed by atoms with van der Waals surface area (Å²) in [6.45, 7) is 0. The van der Waals surface area contributed by atoms with E-state index >= 15 is 0 Å². The molecule has 0 aromatic rings. The van der Waals surface area contributed by atoms with E-state index in [0.717, 1.165) is 11.8 Å². The van der Waals surface area contributed by atoms with Gasteiger partial charge in [-0.15, -0.1) is 0 Å². The van der Waals surface area contributed by atoms with Crippen LogP contribution in [0, 0.1) is 17.8 Å². The highest BCUT2D eigenvalue weighted by Crippen LogP contribution is 2.49. The molecule has 0 saturated heterocycles. The second kappa shape index (κ2) is 2.50.